The first-order valence-corrected chi connectivity index (χ1v) is 4.97. The first kappa shape index (κ1) is 13.8. The maximum absolute atomic E-state index is 11.3. The van der Waals surface area contributed by atoms with Gasteiger partial charge in [-0.2, -0.15) is 0 Å². The molecular weight excluding hydrogens is 196 g/mol. The second-order valence-electron chi connectivity index (χ2n) is 3.22. The fourth-order valence-electron chi connectivity index (χ4n) is 1.21. The number of carbonyl (C=O) groups excluding carboxylic acids is 2. The molecule has 5 nitrogen and oxygen atoms in total. The molecule has 0 aromatic heterocycles. The summed E-state index contributed by atoms with van der Waals surface area (Å²) >= 11 is 0. The Bertz CT molecular complexity index is 251. The molecule has 1 atom stereocenters. The van der Waals surface area contributed by atoms with E-state index in [1.54, 1.807) is 14.0 Å². The van der Waals surface area contributed by atoms with Gasteiger partial charge in [0.15, 0.2) is 5.90 Å². The van der Waals surface area contributed by atoms with E-state index in [-0.39, 0.29) is 24.1 Å². The van der Waals surface area contributed by atoms with Gasteiger partial charge >= 0.3 is 5.97 Å². The van der Waals surface area contributed by atoms with E-state index in [1.807, 2.05) is 0 Å². The molecule has 0 aromatic rings. The van der Waals surface area contributed by atoms with E-state index >= 15 is 0 Å². The van der Waals surface area contributed by atoms with Crippen LogP contribution in [-0.2, 0) is 14.3 Å². The van der Waals surface area contributed by atoms with Crippen molar-refractivity contribution in [2.24, 2.45) is 0 Å². The number of hydrogen-bond donors (Lipinski definition) is 2. The van der Waals surface area contributed by atoms with Crippen molar-refractivity contribution in [3.8, 4) is 0 Å². The molecule has 0 rings (SSSR count). The Balaban J connectivity index is 3.95. The van der Waals surface area contributed by atoms with Crippen LogP contribution in [0.15, 0.2) is 0 Å². The zero-order valence-electron chi connectivity index (χ0n) is 9.42. The van der Waals surface area contributed by atoms with Crippen LogP contribution >= 0.6 is 0 Å². The third kappa shape index (κ3) is 5.96. The lowest BCUT2D eigenvalue weighted by Crippen LogP contribution is -2.34. The van der Waals surface area contributed by atoms with Crippen LogP contribution in [0.5, 0.6) is 0 Å². The fraction of sp³-hybridized carbons (Fsp3) is 0.700. The van der Waals surface area contributed by atoms with Crippen molar-refractivity contribution in [3.63, 3.8) is 0 Å². The first-order valence-electron chi connectivity index (χ1n) is 4.97. The highest BCUT2D eigenvalue weighted by atomic mass is 16.5. The van der Waals surface area contributed by atoms with Crippen LogP contribution in [0.25, 0.3) is 0 Å². The van der Waals surface area contributed by atoms with E-state index in [1.165, 1.54) is 6.92 Å². The van der Waals surface area contributed by atoms with Gasteiger partial charge in [-0.15, -0.1) is 0 Å². The number of ether oxygens (including phenoxy) is 1. The van der Waals surface area contributed by atoms with Crippen LogP contribution in [0.3, 0.4) is 0 Å². The molecule has 0 aliphatic heterocycles. The standard InChI is InChI=1S/C10H18N2O3/c1-4-9(14)8(12-3)5-6-10(11)15-7(2)13/h8,11-12H,4-6H2,1-3H3. The summed E-state index contributed by atoms with van der Waals surface area (Å²) < 4.78 is 4.56. The minimum atomic E-state index is -0.497. The van der Waals surface area contributed by atoms with Crippen molar-refractivity contribution in [3.05, 3.63) is 0 Å². The predicted octanol–water partition coefficient (Wildman–Crippen LogP) is 0.874. The normalized spacial score (nSPS) is 11.9. The van der Waals surface area contributed by atoms with Crippen LogP contribution in [-0.4, -0.2) is 30.7 Å². The second-order valence-corrected chi connectivity index (χ2v) is 3.22. The molecular formula is C10H18N2O3. The molecule has 0 saturated carbocycles. The molecule has 15 heavy (non-hydrogen) atoms. The number of Topliss-reactive ketones (excluding diaryl/α,β-unsaturated/α-hetero) is 1. The summed E-state index contributed by atoms with van der Waals surface area (Å²) in [5.41, 5.74) is 0. The topological polar surface area (TPSA) is 79.2 Å². The fourth-order valence-corrected chi connectivity index (χ4v) is 1.21. The average molecular weight is 214 g/mol. The summed E-state index contributed by atoms with van der Waals surface area (Å²) in [5, 5.41) is 10.2. The highest BCUT2D eigenvalue weighted by molar-refractivity contribution is 5.87. The van der Waals surface area contributed by atoms with Gasteiger partial charge in [0.2, 0.25) is 0 Å². The van der Waals surface area contributed by atoms with Gasteiger partial charge < -0.3 is 10.1 Å². The number of nitrogens with one attached hydrogen (secondary N) is 2. The van der Waals surface area contributed by atoms with Crippen LogP contribution in [0, 0.1) is 5.41 Å². The molecule has 1 unspecified atom stereocenters. The summed E-state index contributed by atoms with van der Waals surface area (Å²) in [4.78, 5) is 21.8. The van der Waals surface area contributed by atoms with E-state index in [4.69, 9.17) is 5.41 Å². The molecule has 0 aliphatic carbocycles. The highest BCUT2D eigenvalue weighted by Crippen LogP contribution is 2.02. The van der Waals surface area contributed by atoms with Gasteiger partial charge in [-0.3, -0.25) is 15.0 Å². The van der Waals surface area contributed by atoms with Gasteiger partial charge in [-0.05, 0) is 13.5 Å². The van der Waals surface area contributed by atoms with E-state index in [0.717, 1.165) is 0 Å². The number of esters is 1. The monoisotopic (exact) mass is 214 g/mol. The number of ketones is 1. The maximum Gasteiger partial charge on any atom is 0.309 e. The number of carbonyl (C=O) groups is 2. The van der Waals surface area contributed by atoms with Crippen molar-refractivity contribution < 1.29 is 14.3 Å². The molecule has 0 aliphatic rings. The molecule has 0 spiro atoms. The number of likely N-dealkylation sites (N-methyl/N-ethyl adjacent to an activating group) is 1. The molecule has 0 radical (unpaired) electrons. The van der Waals surface area contributed by atoms with Gasteiger partial charge in [-0.1, -0.05) is 6.92 Å². The molecule has 0 saturated heterocycles. The minimum Gasteiger partial charge on any atom is -0.412 e. The summed E-state index contributed by atoms with van der Waals surface area (Å²) in [7, 11) is 1.70. The molecule has 86 valence electrons. The Kier molecular flexibility index (Phi) is 6.53. The highest BCUT2D eigenvalue weighted by Gasteiger charge is 2.15. The van der Waals surface area contributed by atoms with Crippen molar-refractivity contribution in [2.75, 3.05) is 7.05 Å². The lowest BCUT2D eigenvalue weighted by molar-refractivity contribution is -0.133. The van der Waals surface area contributed by atoms with Gasteiger partial charge in [0.05, 0.1) is 6.04 Å². The summed E-state index contributed by atoms with van der Waals surface area (Å²) in [6, 6.07) is -0.258. The van der Waals surface area contributed by atoms with Gasteiger partial charge in [-0.25, -0.2) is 0 Å². The lowest BCUT2D eigenvalue weighted by atomic mass is 10.1. The van der Waals surface area contributed by atoms with Crippen LogP contribution in [0.4, 0.5) is 0 Å². The zero-order chi connectivity index (χ0) is 11.8. The molecule has 0 heterocycles. The summed E-state index contributed by atoms with van der Waals surface area (Å²) in [6.45, 7) is 3.05. The van der Waals surface area contributed by atoms with Gasteiger partial charge in [0, 0.05) is 19.8 Å². The third-order valence-corrected chi connectivity index (χ3v) is 2.01. The molecule has 0 fully saturated rings. The largest absolute Gasteiger partial charge is 0.412 e. The summed E-state index contributed by atoms with van der Waals surface area (Å²) in [6.07, 6.45) is 1.23. The molecule has 5 heteroatoms. The van der Waals surface area contributed by atoms with E-state index in [0.29, 0.717) is 12.8 Å². The second kappa shape index (κ2) is 7.11. The van der Waals surface area contributed by atoms with Gasteiger partial charge in [0.1, 0.15) is 5.78 Å². The predicted molar refractivity (Wildman–Crippen MR) is 56.9 cm³/mol. The smallest absolute Gasteiger partial charge is 0.309 e. The van der Waals surface area contributed by atoms with Crippen molar-refractivity contribution in [2.45, 2.75) is 39.2 Å². The third-order valence-electron chi connectivity index (χ3n) is 2.01. The number of hydrogen-bond acceptors (Lipinski definition) is 5. The lowest BCUT2D eigenvalue weighted by Gasteiger charge is -2.13. The maximum atomic E-state index is 11.3. The molecule has 0 amide bonds. The Labute approximate surface area is 89.7 Å². The Morgan fingerprint density at radius 2 is 2.07 bits per heavy atom. The average Bonchev–Trinajstić information content (AvgIpc) is 2.17. The van der Waals surface area contributed by atoms with E-state index in [2.05, 4.69) is 10.1 Å². The number of rotatable bonds is 6. The van der Waals surface area contributed by atoms with Crippen LogP contribution < -0.4 is 5.32 Å². The van der Waals surface area contributed by atoms with E-state index in [9.17, 15) is 9.59 Å². The first-order chi connectivity index (χ1) is 7.01. The van der Waals surface area contributed by atoms with Crippen molar-refractivity contribution >= 4 is 17.7 Å². The van der Waals surface area contributed by atoms with Crippen molar-refractivity contribution in [1.29, 1.82) is 5.41 Å². The van der Waals surface area contributed by atoms with Crippen LogP contribution in [0.1, 0.15) is 33.1 Å². The Morgan fingerprint density at radius 3 is 2.47 bits per heavy atom. The van der Waals surface area contributed by atoms with Crippen LogP contribution in [0.2, 0.25) is 0 Å². The SMILES string of the molecule is CCC(=O)C(CCC(=N)OC(C)=O)NC. The minimum absolute atomic E-state index is 0.0911. The Morgan fingerprint density at radius 1 is 1.47 bits per heavy atom. The molecule has 2 N–H and O–H groups in total. The molecule has 0 bridgehead atoms. The quantitative estimate of drug-likeness (QED) is 0.390. The van der Waals surface area contributed by atoms with Crippen molar-refractivity contribution in [1.82, 2.24) is 5.32 Å². The Hall–Kier alpha value is -1.23. The van der Waals surface area contributed by atoms with Gasteiger partial charge in [0.25, 0.3) is 0 Å². The summed E-state index contributed by atoms with van der Waals surface area (Å²) in [5.74, 6) is -0.484. The van der Waals surface area contributed by atoms with E-state index < -0.39 is 5.97 Å². The zero-order valence-corrected chi connectivity index (χ0v) is 9.42. The molecule has 0 aromatic carbocycles.